The fourth-order valence-corrected chi connectivity index (χ4v) is 2.74. The van der Waals surface area contributed by atoms with Gasteiger partial charge in [0, 0.05) is 13.1 Å². The quantitative estimate of drug-likeness (QED) is 0.800. The van der Waals surface area contributed by atoms with Crippen molar-refractivity contribution in [1.29, 1.82) is 0 Å². The van der Waals surface area contributed by atoms with Crippen molar-refractivity contribution in [3.8, 4) is 5.75 Å². The van der Waals surface area contributed by atoms with E-state index in [-0.39, 0.29) is 31.5 Å². The highest BCUT2D eigenvalue weighted by Gasteiger charge is 2.31. The van der Waals surface area contributed by atoms with Crippen LogP contribution in [-0.4, -0.2) is 54.0 Å². The third-order valence-electron chi connectivity index (χ3n) is 3.91. The number of nitrogens with one attached hydrogen (secondary N) is 1. The number of carboxylic acids is 1. The summed E-state index contributed by atoms with van der Waals surface area (Å²) >= 11 is 0. The van der Waals surface area contributed by atoms with E-state index in [9.17, 15) is 14.4 Å². The molecule has 1 saturated heterocycles. The Hall–Kier alpha value is -2.57. The lowest BCUT2D eigenvalue weighted by atomic mass is 9.90. The van der Waals surface area contributed by atoms with Crippen LogP contribution in [0.4, 0.5) is 0 Å². The Labute approximate surface area is 140 Å². The Bertz CT molecular complexity index is 590. The third kappa shape index (κ3) is 5.26. The lowest BCUT2D eigenvalue weighted by Crippen LogP contribution is -2.49. The number of hydrogen-bond acceptors (Lipinski definition) is 4. The predicted molar refractivity (Wildman–Crippen MR) is 86.4 cm³/mol. The van der Waals surface area contributed by atoms with E-state index in [2.05, 4.69) is 5.32 Å². The van der Waals surface area contributed by atoms with Gasteiger partial charge in [-0.15, -0.1) is 0 Å². The first-order chi connectivity index (χ1) is 11.5. The molecule has 0 aliphatic carbocycles. The Kier molecular flexibility index (Phi) is 6.17. The van der Waals surface area contributed by atoms with Gasteiger partial charge in [-0.05, 0) is 24.5 Å². The number of aliphatic carboxylic acids is 1. The Balaban J connectivity index is 1.75. The topological polar surface area (TPSA) is 95.9 Å². The zero-order valence-corrected chi connectivity index (χ0v) is 13.6. The second-order valence-electron chi connectivity index (χ2n) is 6.05. The second-order valence-corrected chi connectivity index (χ2v) is 6.05. The van der Waals surface area contributed by atoms with Crippen LogP contribution in [0.15, 0.2) is 30.3 Å². The number of piperidine rings is 1. The molecule has 1 aliphatic heterocycles. The molecule has 2 rings (SSSR count). The molecule has 130 valence electrons. The van der Waals surface area contributed by atoms with Gasteiger partial charge in [-0.3, -0.25) is 14.4 Å². The van der Waals surface area contributed by atoms with Gasteiger partial charge in [-0.25, -0.2) is 0 Å². The molecule has 24 heavy (non-hydrogen) atoms. The number of para-hydroxylation sites is 1. The molecule has 1 aromatic carbocycles. The van der Waals surface area contributed by atoms with Crippen molar-refractivity contribution < 1.29 is 24.2 Å². The van der Waals surface area contributed by atoms with Gasteiger partial charge in [0.05, 0.1) is 12.5 Å². The van der Waals surface area contributed by atoms with Crippen molar-refractivity contribution in [1.82, 2.24) is 10.2 Å². The maximum Gasteiger partial charge on any atom is 0.308 e. The molecule has 0 aromatic heterocycles. The molecular formula is C17H22N2O5. The standard InChI is InChI=1S/C17H22N2O5/c1-12-7-13(17(22)23)10-19(9-12)16(21)8-18-15(20)11-24-14-5-3-2-4-6-14/h2-6,12-13H,7-11H2,1H3,(H,18,20)(H,22,23). The van der Waals surface area contributed by atoms with E-state index in [1.807, 2.05) is 13.0 Å². The molecule has 7 nitrogen and oxygen atoms in total. The number of nitrogens with zero attached hydrogens (tertiary/aromatic N) is 1. The predicted octanol–water partition coefficient (Wildman–Crippen LogP) is 0.751. The fourth-order valence-electron chi connectivity index (χ4n) is 2.74. The summed E-state index contributed by atoms with van der Waals surface area (Å²) in [5, 5.41) is 11.6. The monoisotopic (exact) mass is 334 g/mol. The highest BCUT2D eigenvalue weighted by molar-refractivity contribution is 5.85. The minimum Gasteiger partial charge on any atom is -0.484 e. The summed E-state index contributed by atoms with van der Waals surface area (Å²) in [7, 11) is 0. The minimum absolute atomic E-state index is 0.126. The zero-order valence-electron chi connectivity index (χ0n) is 13.6. The van der Waals surface area contributed by atoms with E-state index in [4.69, 9.17) is 9.84 Å². The number of carbonyl (C=O) groups excluding carboxylic acids is 2. The van der Waals surface area contributed by atoms with Crippen LogP contribution in [0.1, 0.15) is 13.3 Å². The summed E-state index contributed by atoms with van der Waals surface area (Å²) in [5.74, 6) is -1.41. The van der Waals surface area contributed by atoms with Gasteiger partial charge in [0.2, 0.25) is 5.91 Å². The van der Waals surface area contributed by atoms with Crippen LogP contribution in [-0.2, 0) is 14.4 Å². The third-order valence-corrected chi connectivity index (χ3v) is 3.91. The van der Waals surface area contributed by atoms with Crippen molar-refractivity contribution in [3.05, 3.63) is 30.3 Å². The van der Waals surface area contributed by atoms with Crippen LogP contribution in [0.5, 0.6) is 5.75 Å². The van der Waals surface area contributed by atoms with E-state index in [1.54, 1.807) is 24.3 Å². The maximum atomic E-state index is 12.2. The molecule has 0 radical (unpaired) electrons. The normalized spacial score (nSPS) is 20.3. The molecule has 0 bridgehead atoms. The number of rotatable bonds is 6. The number of carboxylic acid groups (broad SMARTS) is 1. The van der Waals surface area contributed by atoms with Crippen LogP contribution in [0.25, 0.3) is 0 Å². The van der Waals surface area contributed by atoms with Crippen molar-refractivity contribution >= 4 is 17.8 Å². The molecule has 1 heterocycles. The van der Waals surface area contributed by atoms with Crippen LogP contribution in [0, 0.1) is 11.8 Å². The molecule has 0 saturated carbocycles. The summed E-state index contributed by atoms with van der Waals surface area (Å²) in [6, 6.07) is 8.91. The number of carbonyl (C=O) groups is 3. The lowest BCUT2D eigenvalue weighted by Gasteiger charge is -2.34. The lowest BCUT2D eigenvalue weighted by molar-refractivity contribution is -0.147. The van der Waals surface area contributed by atoms with E-state index in [0.29, 0.717) is 18.7 Å². The molecule has 2 amide bonds. The largest absolute Gasteiger partial charge is 0.484 e. The summed E-state index contributed by atoms with van der Waals surface area (Å²) in [4.78, 5) is 36.5. The number of benzene rings is 1. The average molecular weight is 334 g/mol. The first-order valence-corrected chi connectivity index (χ1v) is 7.91. The molecule has 2 atom stereocenters. The van der Waals surface area contributed by atoms with Crippen molar-refractivity contribution in [2.75, 3.05) is 26.2 Å². The molecule has 1 fully saturated rings. The first kappa shape index (κ1) is 17.8. The molecule has 1 aromatic rings. The molecular weight excluding hydrogens is 312 g/mol. The van der Waals surface area contributed by atoms with Gasteiger partial charge < -0.3 is 20.1 Å². The highest BCUT2D eigenvalue weighted by atomic mass is 16.5. The van der Waals surface area contributed by atoms with Crippen LogP contribution in [0.3, 0.4) is 0 Å². The van der Waals surface area contributed by atoms with Crippen LogP contribution < -0.4 is 10.1 Å². The average Bonchev–Trinajstić information content (AvgIpc) is 2.58. The Morgan fingerprint density at radius 1 is 1.25 bits per heavy atom. The van der Waals surface area contributed by atoms with Gasteiger partial charge in [-0.1, -0.05) is 25.1 Å². The number of amides is 2. The van der Waals surface area contributed by atoms with Gasteiger partial charge in [0.1, 0.15) is 5.75 Å². The van der Waals surface area contributed by atoms with E-state index in [0.717, 1.165) is 0 Å². The second kappa shape index (κ2) is 8.33. The fraction of sp³-hybridized carbons (Fsp3) is 0.471. The van der Waals surface area contributed by atoms with Crippen molar-refractivity contribution in [2.24, 2.45) is 11.8 Å². The summed E-state index contributed by atoms with van der Waals surface area (Å²) < 4.78 is 5.30. The van der Waals surface area contributed by atoms with E-state index < -0.39 is 17.8 Å². The van der Waals surface area contributed by atoms with Gasteiger partial charge >= 0.3 is 5.97 Å². The zero-order chi connectivity index (χ0) is 17.5. The van der Waals surface area contributed by atoms with E-state index >= 15 is 0 Å². The molecule has 7 heteroatoms. The summed E-state index contributed by atoms with van der Waals surface area (Å²) in [6.07, 6.45) is 0.566. The van der Waals surface area contributed by atoms with Gasteiger partial charge in [-0.2, -0.15) is 0 Å². The molecule has 1 aliphatic rings. The summed E-state index contributed by atoms with van der Waals surface area (Å²) in [5.41, 5.74) is 0. The van der Waals surface area contributed by atoms with Gasteiger partial charge in [0.25, 0.3) is 5.91 Å². The molecule has 2 unspecified atom stereocenters. The Morgan fingerprint density at radius 3 is 2.62 bits per heavy atom. The smallest absolute Gasteiger partial charge is 0.308 e. The number of hydrogen-bond donors (Lipinski definition) is 2. The van der Waals surface area contributed by atoms with Crippen molar-refractivity contribution in [3.63, 3.8) is 0 Å². The maximum absolute atomic E-state index is 12.2. The minimum atomic E-state index is -0.889. The van der Waals surface area contributed by atoms with Crippen LogP contribution >= 0.6 is 0 Å². The molecule has 0 spiro atoms. The highest BCUT2D eigenvalue weighted by Crippen LogP contribution is 2.21. The Morgan fingerprint density at radius 2 is 1.96 bits per heavy atom. The van der Waals surface area contributed by atoms with E-state index in [1.165, 1.54) is 4.90 Å². The molecule has 2 N–H and O–H groups in total. The van der Waals surface area contributed by atoms with Gasteiger partial charge in [0.15, 0.2) is 6.61 Å². The van der Waals surface area contributed by atoms with Crippen molar-refractivity contribution in [2.45, 2.75) is 13.3 Å². The SMILES string of the molecule is CC1CC(C(=O)O)CN(C(=O)CNC(=O)COc2ccccc2)C1. The number of ether oxygens (including phenoxy) is 1. The van der Waals surface area contributed by atoms with Crippen LogP contribution in [0.2, 0.25) is 0 Å². The number of likely N-dealkylation sites (tertiary alicyclic amines) is 1. The first-order valence-electron chi connectivity index (χ1n) is 7.91. The summed E-state index contributed by atoms with van der Waals surface area (Å²) in [6.45, 7) is 2.29.